The van der Waals surface area contributed by atoms with E-state index >= 15 is 0 Å². The van der Waals surface area contributed by atoms with Gasteiger partial charge >= 0.3 is 0 Å². The second kappa shape index (κ2) is 5.38. The van der Waals surface area contributed by atoms with E-state index in [4.69, 9.17) is 0 Å². The van der Waals surface area contributed by atoms with Crippen molar-refractivity contribution in [3.8, 4) is 0 Å². The molecule has 1 aromatic carbocycles. The van der Waals surface area contributed by atoms with Gasteiger partial charge in [-0.3, -0.25) is 4.79 Å². The van der Waals surface area contributed by atoms with Crippen LogP contribution < -0.4 is 0 Å². The minimum Gasteiger partial charge on any atom is -0.298 e. The van der Waals surface area contributed by atoms with Crippen LogP contribution in [0.4, 0.5) is 0 Å². The van der Waals surface area contributed by atoms with Crippen LogP contribution in [0, 0.1) is 0 Å². The summed E-state index contributed by atoms with van der Waals surface area (Å²) in [6, 6.07) is 7.72. The highest BCUT2D eigenvalue weighted by Crippen LogP contribution is 2.22. The molecule has 1 aromatic rings. The van der Waals surface area contributed by atoms with E-state index in [1.54, 1.807) is 0 Å². The first-order chi connectivity index (χ1) is 6.81. The molecule has 0 amide bonds. The third-order valence-electron chi connectivity index (χ3n) is 2.38. The van der Waals surface area contributed by atoms with E-state index in [2.05, 4.69) is 13.5 Å². The molecular formula is C13H16O. The predicted molar refractivity (Wildman–Crippen MR) is 59.7 cm³/mol. The third kappa shape index (κ3) is 2.56. The van der Waals surface area contributed by atoms with Crippen LogP contribution in [-0.2, 0) is 0 Å². The SMILES string of the molecule is C=CC(CCC)c1ccc(C=O)cc1. The lowest BCUT2D eigenvalue weighted by atomic mass is 9.94. The Hall–Kier alpha value is -1.37. The maximum Gasteiger partial charge on any atom is 0.150 e. The molecule has 14 heavy (non-hydrogen) atoms. The van der Waals surface area contributed by atoms with Crippen LogP contribution in [0.25, 0.3) is 0 Å². The molecule has 1 unspecified atom stereocenters. The number of aldehydes is 1. The number of rotatable bonds is 5. The van der Waals surface area contributed by atoms with Crippen LogP contribution in [0.1, 0.15) is 41.6 Å². The predicted octanol–water partition coefficient (Wildman–Crippen LogP) is 3.57. The fourth-order valence-electron chi connectivity index (χ4n) is 1.55. The summed E-state index contributed by atoms with van der Waals surface area (Å²) >= 11 is 0. The molecule has 1 nitrogen and oxygen atoms in total. The lowest BCUT2D eigenvalue weighted by molar-refractivity contribution is 0.112. The minimum absolute atomic E-state index is 0.417. The van der Waals surface area contributed by atoms with Crippen LogP contribution in [0.3, 0.4) is 0 Å². The Morgan fingerprint density at radius 3 is 2.43 bits per heavy atom. The van der Waals surface area contributed by atoms with E-state index in [1.165, 1.54) is 5.56 Å². The third-order valence-corrected chi connectivity index (χ3v) is 2.38. The molecule has 0 spiro atoms. The Balaban J connectivity index is 2.83. The number of hydrogen-bond acceptors (Lipinski definition) is 1. The fraction of sp³-hybridized carbons (Fsp3) is 0.308. The standard InChI is InChI=1S/C13H16O/c1-3-5-12(4-2)13-8-6-11(10-14)7-9-13/h4,6-10,12H,2-3,5H2,1H3. The smallest absolute Gasteiger partial charge is 0.150 e. The Morgan fingerprint density at radius 1 is 1.36 bits per heavy atom. The van der Waals surface area contributed by atoms with Gasteiger partial charge in [0, 0.05) is 11.5 Å². The van der Waals surface area contributed by atoms with Gasteiger partial charge in [-0.25, -0.2) is 0 Å². The molecule has 0 aliphatic heterocycles. The van der Waals surface area contributed by atoms with Crippen LogP contribution in [0.15, 0.2) is 36.9 Å². The van der Waals surface area contributed by atoms with Crippen molar-refractivity contribution in [2.24, 2.45) is 0 Å². The van der Waals surface area contributed by atoms with Crippen molar-refractivity contribution >= 4 is 6.29 Å². The number of carbonyl (C=O) groups is 1. The first kappa shape index (κ1) is 10.7. The van der Waals surface area contributed by atoms with Gasteiger partial charge in [0.25, 0.3) is 0 Å². The summed E-state index contributed by atoms with van der Waals surface area (Å²) in [5, 5.41) is 0. The largest absolute Gasteiger partial charge is 0.298 e. The summed E-state index contributed by atoms with van der Waals surface area (Å²) in [5.41, 5.74) is 1.97. The highest BCUT2D eigenvalue weighted by Gasteiger charge is 2.05. The first-order valence-electron chi connectivity index (χ1n) is 4.99. The van der Waals surface area contributed by atoms with Crippen molar-refractivity contribution in [1.29, 1.82) is 0 Å². The molecule has 0 N–H and O–H groups in total. The first-order valence-corrected chi connectivity index (χ1v) is 4.99. The summed E-state index contributed by atoms with van der Waals surface area (Å²) in [4.78, 5) is 10.5. The number of carbonyl (C=O) groups excluding carboxylic acids is 1. The highest BCUT2D eigenvalue weighted by molar-refractivity contribution is 5.74. The van der Waals surface area contributed by atoms with E-state index in [1.807, 2.05) is 30.3 Å². The van der Waals surface area contributed by atoms with E-state index in [0.717, 1.165) is 24.7 Å². The molecule has 0 heterocycles. The van der Waals surface area contributed by atoms with E-state index in [-0.39, 0.29) is 0 Å². The zero-order valence-electron chi connectivity index (χ0n) is 8.57. The molecule has 0 aromatic heterocycles. The molecule has 1 rings (SSSR count). The normalized spacial score (nSPS) is 12.1. The van der Waals surface area contributed by atoms with Crippen LogP contribution in [-0.4, -0.2) is 6.29 Å². The van der Waals surface area contributed by atoms with Gasteiger partial charge in [-0.1, -0.05) is 43.7 Å². The number of benzene rings is 1. The van der Waals surface area contributed by atoms with Crippen molar-refractivity contribution in [3.05, 3.63) is 48.0 Å². The maximum absolute atomic E-state index is 10.5. The number of allylic oxidation sites excluding steroid dienone is 1. The molecule has 0 aliphatic rings. The Kier molecular flexibility index (Phi) is 4.11. The topological polar surface area (TPSA) is 17.1 Å². The summed E-state index contributed by atoms with van der Waals surface area (Å²) in [6.45, 7) is 5.99. The molecule has 0 fully saturated rings. The van der Waals surface area contributed by atoms with Crippen molar-refractivity contribution < 1.29 is 4.79 Å². The van der Waals surface area contributed by atoms with Gasteiger partial charge in [0.1, 0.15) is 6.29 Å². The molecule has 0 saturated heterocycles. The molecule has 0 radical (unpaired) electrons. The minimum atomic E-state index is 0.417. The van der Waals surface area contributed by atoms with Gasteiger partial charge < -0.3 is 0 Å². The molecule has 0 bridgehead atoms. The maximum atomic E-state index is 10.5. The van der Waals surface area contributed by atoms with Crippen LogP contribution in [0.5, 0.6) is 0 Å². The lowest BCUT2D eigenvalue weighted by Crippen LogP contribution is -1.94. The lowest BCUT2D eigenvalue weighted by Gasteiger charge is -2.11. The van der Waals surface area contributed by atoms with Gasteiger partial charge in [-0.2, -0.15) is 0 Å². The average Bonchev–Trinajstić information content (AvgIpc) is 2.26. The molecule has 74 valence electrons. The summed E-state index contributed by atoms with van der Waals surface area (Å²) < 4.78 is 0. The van der Waals surface area contributed by atoms with Gasteiger partial charge in [0.05, 0.1) is 0 Å². The monoisotopic (exact) mass is 188 g/mol. The average molecular weight is 188 g/mol. The van der Waals surface area contributed by atoms with Gasteiger partial charge in [-0.15, -0.1) is 6.58 Å². The van der Waals surface area contributed by atoms with E-state index in [0.29, 0.717) is 5.92 Å². The Morgan fingerprint density at radius 2 is 2.00 bits per heavy atom. The van der Waals surface area contributed by atoms with E-state index in [9.17, 15) is 4.79 Å². The van der Waals surface area contributed by atoms with Crippen LogP contribution >= 0.6 is 0 Å². The Bertz CT molecular complexity index is 298. The zero-order valence-corrected chi connectivity index (χ0v) is 8.57. The summed E-state index contributed by atoms with van der Waals surface area (Å²) in [6.07, 6.45) is 5.10. The van der Waals surface area contributed by atoms with Gasteiger partial charge in [0.2, 0.25) is 0 Å². The fourth-order valence-corrected chi connectivity index (χ4v) is 1.55. The zero-order chi connectivity index (χ0) is 10.4. The number of hydrogen-bond donors (Lipinski definition) is 0. The van der Waals surface area contributed by atoms with Gasteiger partial charge in [0.15, 0.2) is 0 Å². The quantitative estimate of drug-likeness (QED) is 0.510. The second-order valence-electron chi connectivity index (χ2n) is 3.42. The molecular weight excluding hydrogens is 172 g/mol. The van der Waals surface area contributed by atoms with Crippen molar-refractivity contribution in [3.63, 3.8) is 0 Å². The molecule has 0 saturated carbocycles. The summed E-state index contributed by atoms with van der Waals surface area (Å²) in [7, 11) is 0. The Labute approximate surface area is 85.5 Å². The highest BCUT2D eigenvalue weighted by atomic mass is 16.1. The molecule has 1 atom stereocenters. The van der Waals surface area contributed by atoms with Crippen LogP contribution in [0.2, 0.25) is 0 Å². The van der Waals surface area contributed by atoms with Crippen molar-refractivity contribution in [2.75, 3.05) is 0 Å². The summed E-state index contributed by atoms with van der Waals surface area (Å²) in [5.74, 6) is 0.417. The van der Waals surface area contributed by atoms with Crippen molar-refractivity contribution in [2.45, 2.75) is 25.7 Å². The van der Waals surface area contributed by atoms with E-state index < -0.39 is 0 Å². The molecule has 0 aliphatic carbocycles. The second-order valence-corrected chi connectivity index (χ2v) is 3.42. The molecule has 1 heteroatoms. The van der Waals surface area contributed by atoms with Crippen molar-refractivity contribution in [1.82, 2.24) is 0 Å². The van der Waals surface area contributed by atoms with Gasteiger partial charge in [-0.05, 0) is 12.0 Å².